The van der Waals surface area contributed by atoms with Gasteiger partial charge in [0.05, 0.1) is 11.7 Å². The molecule has 0 aromatic heterocycles. The fourth-order valence-electron chi connectivity index (χ4n) is 2.97. The Morgan fingerprint density at radius 2 is 1.87 bits per heavy atom. The van der Waals surface area contributed by atoms with Crippen molar-refractivity contribution in [2.75, 3.05) is 13.1 Å². The van der Waals surface area contributed by atoms with E-state index in [4.69, 9.17) is 0 Å². The first-order valence-corrected chi connectivity index (χ1v) is 8.86. The SMILES string of the molecule is CC1(C)S[C@@H]([C@H](N=CN2CCCCCC2)C(=O)O)N[C@H]1C(=O)O. The Kier molecular flexibility index (Phi) is 5.91. The van der Waals surface area contributed by atoms with Gasteiger partial charge in [0.25, 0.3) is 0 Å². The number of carboxylic acid groups (broad SMARTS) is 2. The summed E-state index contributed by atoms with van der Waals surface area (Å²) in [4.78, 5) is 29.2. The summed E-state index contributed by atoms with van der Waals surface area (Å²) in [6.45, 7) is 5.40. The minimum Gasteiger partial charge on any atom is -0.480 e. The fourth-order valence-corrected chi connectivity index (χ4v) is 4.45. The molecule has 0 aromatic rings. The Morgan fingerprint density at radius 1 is 1.26 bits per heavy atom. The van der Waals surface area contributed by atoms with Gasteiger partial charge in [-0.05, 0) is 26.7 Å². The topological polar surface area (TPSA) is 102 Å². The van der Waals surface area contributed by atoms with Crippen molar-refractivity contribution < 1.29 is 19.8 Å². The van der Waals surface area contributed by atoms with E-state index in [0.717, 1.165) is 25.9 Å². The minimum absolute atomic E-state index is 0.549. The van der Waals surface area contributed by atoms with Gasteiger partial charge < -0.3 is 15.1 Å². The molecule has 3 atom stereocenters. The molecule has 0 amide bonds. The summed E-state index contributed by atoms with van der Waals surface area (Å²) in [7, 11) is 0. The molecule has 2 saturated heterocycles. The summed E-state index contributed by atoms with van der Waals surface area (Å²) in [5, 5.41) is 21.1. The number of likely N-dealkylation sites (tertiary alicyclic amines) is 1. The van der Waals surface area contributed by atoms with E-state index in [9.17, 15) is 19.8 Å². The minimum atomic E-state index is -1.04. The fraction of sp³-hybridized carbons (Fsp3) is 0.800. The van der Waals surface area contributed by atoms with Crippen molar-refractivity contribution in [3.63, 3.8) is 0 Å². The van der Waals surface area contributed by atoms with E-state index in [1.54, 1.807) is 20.2 Å². The Balaban J connectivity index is 2.07. The molecule has 0 bridgehead atoms. The van der Waals surface area contributed by atoms with Gasteiger partial charge in [0.15, 0.2) is 6.04 Å². The van der Waals surface area contributed by atoms with E-state index < -0.39 is 34.1 Å². The zero-order valence-corrected chi connectivity index (χ0v) is 14.4. The molecule has 2 rings (SSSR count). The maximum Gasteiger partial charge on any atom is 0.331 e. The lowest BCUT2D eigenvalue weighted by Gasteiger charge is -2.21. The monoisotopic (exact) mass is 343 g/mol. The molecule has 0 spiro atoms. The summed E-state index contributed by atoms with van der Waals surface area (Å²) < 4.78 is -0.581. The van der Waals surface area contributed by atoms with Crippen molar-refractivity contribution >= 4 is 30.0 Å². The van der Waals surface area contributed by atoms with Crippen molar-refractivity contribution in [2.24, 2.45) is 4.99 Å². The molecule has 0 aromatic carbocycles. The molecule has 0 saturated carbocycles. The summed E-state index contributed by atoms with van der Waals surface area (Å²) in [6, 6.07) is -1.78. The van der Waals surface area contributed by atoms with Gasteiger partial charge in [0.1, 0.15) is 6.04 Å². The maximum atomic E-state index is 11.6. The number of rotatable bonds is 5. The second kappa shape index (κ2) is 7.53. The third-order valence-corrected chi connectivity index (χ3v) is 5.77. The molecular formula is C15H25N3O4S. The van der Waals surface area contributed by atoms with Crippen LogP contribution >= 0.6 is 11.8 Å². The van der Waals surface area contributed by atoms with E-state index in [1.807, 2.05) is 0 Å². The summed E-state index contributed by atoms with van der Waals surface area (Å²) in [5.74, 6) is -2.01. The molecule has 0 radical (unpaired) electrons. The largest absolute Gasteiger partial charge is 0.480 e. The van der Waals surface area contributed by atoms with Gasteiger partial charge >= 0.3 is 11.9 Å². The molecule has 0 unspecified atom stereocenters. The van der Waals surface area contributed by atoms with E-state index in [0.29, 0.717) is 0 Å². The molecule has 130 valence electrons. The van der Waals surface area contributed by atoms with Gasteiger partial charge in [-0.1, -0.05) is 12.8 Å². The van der Waals surface area contributed by atoms with Crippen LogP contribution in [0.4, 0.5) is 0 Å². The highest BCUT2D eigenvalue weighted by atomic mass is 32.2. The van der Waals surface area contributed by atoms with Crippen LogP contribution in [0.3, 0.4) is 0 Å². The van der Waals surface area contributed by atoms with Gasteiger partial charge in [-0.2, -0.15) is 0 Å². The average Bonchev–Trinajstić information content (AvgIpc) is 2.63. The zero-order chi connectivity index (χ0) is 17.0. The molecule has 0 aliphatic carbocycles. The van der Waals surface area contributed by atoms with Crippen LogP contribution in [0, 0.1) is 0 Å². The number of aliphatic carboxylic acids is 2. The molecule has 23 heavy (non-hydrogen) atoms. The quantitative estimate of drug-likeness (QED) is 0.510. The van der Waals surface area contributed by atoms with Crippen LogP contribution in [-0.2, 0) is 9.59 Å². The highest BCUT2D eigenvalue weighted by Gasteiger charge is 2.49. The lowest BCUT2D eigenvalue weighted by molar-refractivity contribution is -0.141. The predicted molar refractivity (Wildman–Crippen MR) is 90.0 cm³/mol. The van der Waals surface area contributed by atoms with Crippen LogP contribution in [-0.4, -0.2) is 68.7 Å². The Hall–Kier alpha value is -1.28. The van der Waals surface area contributed by atoms with E-state index in [2.05, 4.69) is 15.2 Å². The van der Waals surface area contributed by atoms with E-state index in [1.165, 1.54) is 24.6 Å². The Labute approximate surface area is 140 Å². The average molecular weight is 343 g/mol. The van der Waals surface area contributed by atoms with Gasteiger partial charge in [0, 0.05) is 17.8 Å². The molecule has 8 heteroatoms. The van der Waals surface area contributed by atoms with Crippen LogP contribution in [0.25, 0.3) is 0 Å². The lowest BCUT2D eigenvalue weighted by atomic mass is 10.0. The van der Waals surface area contributed by atoms with Crippen molar-refractivity contribution in [3.05, 3.63) is 0 Å². The molecule has 2 aliphatic rings. The highest BCUT2D eigenvalue weighted by molar-refractivity contribution is 8.01. The Bertz CT molecular complexity index is 475. The number of hydrogen-bond acceptors (Lipinski definition) is 5. The number of aliphatic imine (C=N–C) groups is 1. The molecular weight excluding hydrogens is 318 g/mol. The van der Waals surface area contributed by atoms with Crippen molar-refractivity contribution in [3.8, 4) is 0 Å². The van der Waals surface area contributed by atoms with Crippen LogP contribution in [0.1, 0.15) is 39.5 Å². The molecule has 7 nitrogen and oxygen atoms in total. The first-order valence-electron chi connectivity index (χ1n) is 7.98. The summed E-state index contributed by atoms with van der Waals surface area (Å²) in [6.07, 6.45) is 6.21. The van der Waals surface area contributed by atoms with Crippen molar-refractivity contribution in [2.45, 2.75) is 61.7 Å². The molecule has 2 heterocycles. The first-order chi connectivity index (χ1) is 10.8. The number of nitrogens with one attached hydrogen (secondary N) is 1. The van der Waals surface area contributed by atoms with Crippen LogP contribution in [0.15, 0.2) is 4.99 Å². The van der Waals surface area contributed by atoms with Crippen LogP contribution in [0.2, 0.25) is 0 Å². The number of carboxylic acids is 2. The maximum absolute atomic E-state index is 11.6. The molecule has 2 aliphatic heterocycles. The van der Waals surface area contributed by atoms with Crippen LogP contribution < -0.4 is 5.32 Å². The molecule has 2 fully saturated rings. The third kappa shape index (κ3) is 4.60. The van der Waals surface area contributed by atoms with Gasteiger partial charge in [0.2, 0.25) is 0 Å². The predicted octanol–water partition coefficient (Wildman–Crippen LogP) is 1.24. The Morgan fingerprint density at radius 3 is 2.35 bits per heavy atom. The third-order valence-electron chi connectivity index (χ3n) is 4.27. The normalized spacial score (nSPS) is 29.4. The highest BCUT2D eigenvalue weighted by Crippen LogP contribution is 2.39. The second-order valence-corrected chi connectivity index (χ2v) is 8.37. The first kappa shape index (κ1) is 18.1. The lowest BCUT2D eigenvalue weighted by Crippen LogP contribution is -2.47. The van der Waals surface area contributed by atoms with Gasteiger partial charge in [-0.3, -0.25) is 15.1 Å². The number of hydrogen-bond donors (Lipinski definition) is 3. The van der Waals surface area contributed by atoms with Gasteiger partial charge in [-0.15, -0.1) is 11.8 Å². The molecule has 3 N–H and O–H groups in total. The number of nitrogens with zero attached hydrogens (tertiary/aromatic N) is 2. The summed E-state index contributed by atoms with van der Waals surface area (Å²) in [5.41, 5.74) is 0. The standard InChI is InChI=1S/C15H25N3O4S/c1-15(2)11(14(21)22)17-12(23-15)10(13(19)20)16-9-18-7-5-3-4-6-8-18/h9-12,17H,3-8H2,1-2H3,(H,19,20)(H,21,22)/t10-,11-,12-/m0/s1. The zero-order valence-electron chi connectivity index (χ0n) is 13.6. The van der Waals surface area contributed by atoms with Crippen molar-refractivity contribution in [1.29, 1.82) is 0 Å². The van der Waals surface area contributed by atoms with E-state index >= 15 is 0 Å². The van der Waals surface area contributed by atoms with E-state index in [-0.39, 0.29) is 0 Å². The van der Waals surface area contributed by atoms with Crippen molar-refractivity contribution in [1.82, 2.24) is 10.2 Å². The summed E-state index contributed by atoms with van der Waals surface area (Å²) >= 11 is 1.33. The number of thioether (sulfide) groups is 1. The second-order valence-electron chi connectivity index (χ2n) is 6.58. The van der Waals surface area contributed by atoms with Crippen LogP contribution in [0.5, 0.6) is 0 Å². The number of carbonyl (C=O) groups is 2. The smallest absolute Gasteiger partial charge is 0.331 e. The van der Waals surface area contributed by atoms with Gasteiger partial charge in [-0.25, -0.2) is 4.79 Å².